The molecule has 1 aromatic heterocycles. The van der Waals surface area contributed by atoms with Crippen molar-refractivity contribution in [1.82, 2.24) is 20.3 Å². The molecular weight excluding hydrogens is 376 g/mol. The Bertz CT molecular complexity index is 1040. The predicted molar refractivity (Wildman–Crippen MR) is 104 cm³/mol. The van der Waals surface area contributed by atoms with Gasteiger partial charge in [0, 0.05) is 12.1 Å². The third-order valence-corrected chi connectivity index (χ3v) is 3.95. The van der Waals surface area contributed by atoms with Crippen molar-refractivity contribution in [1.29, 1.82) is 0 Å². The molecule has 0 aliphatic heterocycles. The van der Waals surface area contributed by atoms with E-state index in [9.17, 15) is 14.4 Å². The number of amides is 2. The fourth-order valence-corrected chi connectivity index (χ4v) is 2.47. The average molecular weight is 394 g/mol. The summed E-state index contributed by atoms with van der Waals surface area (Å²) in [6.07, 6.45) is 1.26. The molecule has 0 saturated carbocycles. The lowest BCUT2D eigenvalue weighted by atomic mass is 10.1. The summed E-state index contributed by atoms with van der Waals surface area (Å²) in [6, 6.07) is 13.7. The molecule has 3 rings (SSSR count). The fraction of sp³-hybridized carbons (Fsp3) is 0.105. The Labute approximate surface area is 165 Å². The largest absolute Gasteiger partial charge is 0.480 e. The number of rotatable bonds is 7. The summed E-state index contributed by atoms with van der Waals surface area (Å²) >= 11 is 0. The minimum absolute atomic E-state index is 0.0164. The summed E-state index contributed by atoms with van der Waals surface area (Å²) in [5, 5.41) is 21.3. The van der Waals surface area contributed by atoms with Gasteiger partial charge in [-0.2, -0.15) is 0 Å². The molecule has 29 heavy (non-hydrogen) atoms. The van der Waals surface area contributed by atoms with Crippen LogP contribution in [-0.4, -0.2) is 37.9 Å². The van der Waals surface area contributed by atoms with Crippen molar-refractivity contribution < 1.29 is 19.5 Å². The van der Waals surface area contributed by atoms with E-state index in [-0.39, 0.29) is 24.7 Å². The third-order valence-electron chi connectivity index (χ3n) is 3.95. The van der Waals surface area contributed by atoms with Crippen LogP contribution in [0.1, 0.15) is 26.4 Å². The van der Waals surface area contributed by atoms with Crippen LogP contribution in [0.3, 0.4) is 0 Å². The lowest BCUT2D eigenvalue weighted by Gasteiger charge is -2.08. The molecule has 0 saturated heterocycles. The van der Waals surface area contributed by atoms with Gasteiger partial charge in [0.25, 0.3) is 11.8 Å². The molecule has 2 amide bonds. The highest BCUT2D eigenvalue weighted by molar-refractivity contribution is 6.05. The Morgan fingerprint density at radius 3 is 2.45 bits per heavy atom. The molecule has 0 spiro atoms. The summed E-state index contributed by atoms with van der Waals surface area (Å²) in [7, 11) is 0. The SMILES string of the molecule is Nc1ccccc1NC(=O)c1ccc(CNC(=O)c2cn(CC(=O)O)nn2)cc1. The van der Waals surface area contributed by atoms with Gasteiger partial charge in [-0.15, -0.1) is 5.10 Å². The lowest BCUT2D eigenvalue weighted by Crippen LogP contribution is -2.23. The van der Waals surface area contributed by atoms with Gasteiger partial charge in [0.05, 0.1) is 17.6 Å². The van der Waals surface area contributed by atoms with Crippen molar-refractivity contribution in [2.24, 2.45) is 0 Å². The second kappa shape index (κ2) is 8.65. The van der Waals surface area contributed by atoms with E-state index in [0.717, 1.165) is 10.2 Å². The molecule has 1 heterocycles. The molecule has 10 nitrogen and oxygen atoms in total. The molecule has 148 valence electrons. The van der Waals surface area contributed by atoms with E-state index in [1.165, 1.54) is 6.20 Å². The number of carboxylic acids is 1. The molecule has 0 radical (unpaired) electrons. The summed E-state index contributed by atoms with van der Waals surface area (Å²) in [5.41, 5.74) is 8.05. The molecule has 0 unspecified atom stereocenters. The van der Waals surface area contributed by atoms with Gasteiger partial charge in [0.15, 0.2) is 5.69 Å². The maximum absolute atomic E-state index is 12.3. The van der Waals surface area contributed by atoms with Crippen LogP contribution >= 0.6 is 0 Å². The van der Waals surface area contributed by atoms with E-state index in [1.807, 2.05) is 0 Å². The highest BCUT2D eigenvalue weighted by Crippen LogP contribution is 2.18. The fourth-order valence-electron chi connectivity index (χ4n) is 2.47. The van der Waals surface area contributed by atoms with E-state index >= 15 is 0 Å². The molecule has 5 N–H and O–H groups in total. The minimum atomic E-state index is -1.08. The zero-order valence-electron chi connectivity index (χ0n) is 15.2. The molecule has 10 heteroatoms. The lowest BCUT2D eigenvalue weighted by molar-refractivity contribution is -0.137. The summed E-state index contributed by atoms with van der Waals surface area (Å²) in [4.78, 5) is 35.0. The van der Waals surface area contributed by atoms with Crippen LogP contribution in [0.5, 0.6) is 0 Å². The zero-order valence-corrected chi connectivity index (χ0v) is 15.2. The Kier molecular flexibility index (Phi) is 5.83. The quantitative estimate of drug-likeness (QED) is 0.438. The number of hydrogen-bond acceptors (Lipinski definition) is 6. The van der Waals surface area contributed by atoms with Crippen LogP contribution in [0, 0.1) is 0 Å². The molecule has 2 aromatic carbocycles. The van der Waals surface area contributed by atoms with E-state index in [4.69, 9.17) is 10.8 Å². The van der Waals surface area contributed by atoms with Gasteiger partial charge in [-0.05, 0) is 29.8 Å². The number of nitrogens with zero attached hydrogens (tertiary/aromatic N) is 3. The van der Waals surface area contributed by atoms with Crippen molar-refractivity contribution in [2.45, 2.75) is 13.1 Å². The predicted octanol–water partition coefficient (Wildman–Crippen LogP) is 1.13. The Hall–Kier alpha value is -4.21. The first-order valence-corrected chi connectivity index (χ1v) is 8.57. The van der Waals surface area contributed by atoms with Gasteiger partial charge in [-0.3, -0.25) is 14.4 Å². The molecule has 0 bridgehead atoms. The maximum atomic E-state index is 12.3. The number of benzene rings is 2. The van der Waals surface area contributed by atoms with Crippen molar-refractivity contribution >= 4 is 29.2 Å². The first kappa shape index (κ1) is 19.5. The third kappa shape index (κ3) is 5.16. The molecular formula is C19H18N6O4. The molecule has 0 aliphatic carbocycles. The van der Waals surface area contributed by atoms with Gasteiger partial charge in [-0.25, -0.2) is 4.68 Å². The Morgan fingerprint density at radius 1 is 1.03 bits per heavy atom. The molecule has 0 fully saturated rings. The van der Waals surface area contributed by atoms with Crippen LogP contribution in [0.4, 0.5) is 11.4 Å². The molecule has 3 aromatic rings. The second-order valence-corrected chi connectivity index (χ2v) is 6.12. The highest BCUT2D eigenvalue weighted by atomic mass is 16.4. The number of nitrogens with two attached hydrogens (primary N) is 1. The Balaban J connectivity index is 1.55. The summed E-state index contributed by atoms with van der Waals surface area (Å²) in [5.74, 6) is -1.86. The van der Waals surface area contributed by atoms with Crippen molar-refractivity contribution in [3.63, 3.8) is 0 Å². The van der Waals surface area contributed by atoms with Crippen molar-refractivity contribution in [3.05, 3.63) is 71.5 Å². The molecule has 0 aliphatic rings. The van der Waals surface area contributed by atoms with Gasteiger partial charge >= 0.3 is 5.97 Å². The summed E-state index contributed by atoms with van der Waals surface area (Å²) < 4.78 is 1.06. The standard InChI is InChI=1S/C19H18N6O4/c20-14-3-1-2-4-15(14)22-18(28)13-7-5-12(6-8-13)9-21-19(29)16-10-25(24-23-16)11-17(26)27/h1-8,10H,9,11,20H2,(H,21,29)(H,22,28)(H,26,27). The highest BCUT2D eigenvalue weighted by Gasteiger charge is 2.12. The number of carboxylic acid groups (broad SMARTS) is 1. The number of para-hydroxylation sites is 2. The van der Waals surface area contributed by atoms with Gasteiger partial charge in [0.1, 0.15) is 6.54 Å². The van der Waals surface area contributed by atoms with Gasteiger partial charge in [0.2, 0.25) is 0 Å². The van der Waals surface area contributed by atoms with E-state index in [0.29, 0.717) is 16.9 Å². The normalized spacial score (nSPS) is 10.3. The van der Waals surface area contributed by atoms with E-state index in [1.54, 1.807) is 48.5 Å². The minimum Gasteiger partial charge on any atom is -0.480 e. The van der Waals surface area contributed by atoms with E-state index in [2.05, 4.69) is 20.9 Å². The maximum Gasteiger partial charge on any atom is 0.325 e. The second-order valence-electron chi connectivity index (χ2n) is 6.12. The van der Waals surface area contributed by atoms with Crippen LogP contribution in [0.15, 0.2) is 54.7 Å². The number of carbonyl (C=O) groups excluding carboxylic acids is 2. The zero-order chi connectivity index (χ0) is 20.8. The number of nitrogens with one attached hydrogen (secondary N) is 2. The molecule has 0 atom stereocenters. The number of anilines is 2. The van der Waals surface area contributed by atoms with Crippen LogP contribution in [0.25, 0.3) is 0 Å². The van der Waals surface area contributed by atoms with Crippen molar-refractivity contribution in [3.8, 4) is 0 Å². The number of hydrogen-bond donors (Lipinski definition) is 4. The smallest absolute Gasteiger partial charge is 0.325 e. The number of nitrogen functional groups attached to an aromatic ring is 1. The number of aromatic nitrogens is 3. The summed E-state index contributed by atoms with van der Waals surface area (Å²) in [6.45, 7) is -0.170. The van der Waals surface area contributed by atoms with E-state index < -0.39 is 11.9 Å². The van der Waals surface area contributed by atoms with Crippen LogP contribution in [0.2, 0.25) is 0 Å². The number of carbonyl (C=O) groups is 3. The first-order valence-electron chi connectivity index (χ1n) is 8.57. The van der Waals surface area contributed by atoms with Gasteiger partial charge in [-0.1, -0.05) is 29.5 Å². The number of aliphatic carboxylic acids is 1. The van der Waals surface area contributed by atoms with Gasteiger partial charge < -0.3 is 21.5 Å². The average Bonchev–Trinajstić information content (AvgIpc) is 3.16. The first-order chi connectivity index (χ1) is 13.9. The van der Waals surface area contributed by atoms with Crippen molar-refractivity contribution in [2.75, 3.05) is 11.1 Å². The van der Waals surface area contributed by atoms with Crippen LogP contribution < -0.4 is 16.4 Å². The Morgan fingerprint density at radius 2 is 1.76 bits per heavy atom. The van der Waals surface area contributed by atoms with Crippen LogP contribution in [-0.2, 0) is 17.9 Å². The monoisotopic (exact) mass is 394 g/mol. The topological polar surface area (TPSA) is 152 Å².